The molecule has 88 valence electrons. The largest absolute Gasteiger partial charge is 0.372 e. The lowest BCUT2D eigenvalue weighted by molar-refractivity contribution is -0.0586. The summed E-state index contributed by atoms with van der Waals surface area (Å²) in [5.74, 6) is 0.0354. The summed E-state index contributed by atoms with van der Waals surface area (Å²) < 4.78 is 5.60. The third-order valence-electron chi connectivity index (χ3n) is 2.77. The molecule has 2 rings (SSSR count). The number of nitrogens with zero attached hydrogens (tertiary/aromatic N) is 2. The highest BCUT2D eigenvalue weighted by Gasteiger charge is 2.27. The number of ether oxygens (including phenoxy) is 1. The fourth-order valence-corrected chi connectivity index (χ4v) is 2.08. The Balaban J connectivity index is 2.13. The van der Waals surface area contributed by atoms with E-state index >= 15 is 0 Å². The van der Waals surface area contributed by atoms with Crippen LogP contribution in [0.4, 0.5) is 0 Å². The van der Waals surface area contributed by atoms with Crippen molar-refractivity contribution in [2.45, 2.75) is 33.0 Å². The third-order valence-corrected chi connectivity index (χ3v) is 2.77. The maximum atomic E-state index is 12.2. The number of aryl methyl sites for hydroxylation is 1. The van der Waals surface area contributed by atoms with Gasteiger partial charge < -0.3 is 9.64 Å². The summed E-state index contributed by atoms with van der Waals surface area (Å²) in [6.07, 6.45) is 1.78. The lowest BCUT2D eigenvalue weighted by Gasteiger charge is -2.35. The summed E-state index contributed by atoms with van der Waals surface area (Å²) in [7, 11) is 0. The molecule has 0 bridgehead atoms. The van der Waals surface area contributed by atoms with E-state index in [2.05, 4.69) is 10.2 Å². The van der Waals surface area contributed by atoms with Crippen LogP contribution in [-0.4, -0.2) is 46.3 Å². The zero-order valence-electron chi connectivity index (χ0n) is 9.86. The van der Waals surface area contributed by atoms with Crippen LogP contribution >= 0.6 is 0 Å². The Morgan fingerprint density at radius 2 is 2.12 bits per heavy atom. The molecule has 5 nitrogen and oxygen atoms in total. The molecule has 1 N–H and O–H groups in total. The Bertz CT molecular complexity index is 378. The molecule has 0 spiro atoms. The van der Waals surface area contributed by atoms with Crippen LogP contribution in [0.15, 0.2) is 6.20 Å². The summed E-state index contributed by atoms with van der Waals surface area (Å²) in [4.78, 5) is 14.0. The van der Waals surface area contributed by atoms with Crippen molar-refractivity contribution in [3.05, 3.63) is 17.5 Å². The Kier molecular flexibility index (Phi) is 2.96. The molecular weight excluding hydrogens is 206 g/mol. The van der Waals surface area contributed by atoms with Crippen molar-refractivity contribution >= 4 is 5.91 Å². The summed E-state index contributed by atoms with van der Waals surface area (Å²) in [5.41, 5.74) is 1.47. The minimum atomic E-state index is 0.0354. The van der Waals surface area contributed by atoms with Gasteiger partial charge in [-0.25, -0.2) is 0 Å². The molecule has 1 aliphatic rings. The van der Waals surface area contributed by atoms with E-state index in [1.807, 2.05) is 25.7 Å². The predicted octanol–water partition coefficient (Wildman–Crippen LogP) is 0.968. The van der Waals surface area contributed by atoms with Gasteiger partial charge in [-0.1, -0.05) is 0 Å². The average molecular weight is 223 g/mol. The van der Waals surface area contributed by atoms with Gasteiger partial charge in [-0.05, 0) is 20.8 Å². The smallest absolute Gasteiger partial charge is 0.257 e. The summed E-state index contributed by atoms with van der Waals surface area (Å²) in [5, 5.41) is 6.65. The number of aromatic amines is 1. The Hall–Kier alpha value is -1.36. The lowest BCUT2D eigenvalue weighted by atomic mass is 10.2. The van der Waals surface area contributed by atoms with Gasteiger partial charge in [0.2, 0.25) is 0 Å². The number of carbonyl (C=O) groups is 1. The molecule has 2 atom stereocenters. The number of morpholine rings is 1. The van der Waals surface area contributed by atoms with E-state index in [9.17, 15) is 4.79 Å². The second kappa shape index (κ2) is 4.25. The fraction of sp³-hybridized carbons (Fsp3) is 0.636. The Labute approximate surface area is 94.8 Å². The molecule has 2 heterocycles. The second-order valence-corrected chi connectivity index (χ2v) is 4.38. The normalized spacial score (nSPS) is 25.8. The molecular formula is C11H17N3O2. The number of hydrogen-bond acceptors (Lipinski definition) is 3. The maximum Gasteiger partial charge on any atom is 0.257 e. The highest BCUT2D eigenvalue weighted by atomic mass is 16.5. The van der Waals surface area contributed by atoms with Crippen LogP contribution in [0.1, 0.15) is 29.9 Å². The van der Waals surface area contributed by atoms with Gasteiger partial charge in [0.1, 0.15) is 0 Å². The number of aromatic nitrogens is 2. The van der Waals surface area contributed by atoms with Crippen molar-refractivity contribution in [2.75, 3.05) is 13.1 Å². The van der Waals surface area contributed by atoms with Crippen molar-refractivity contribution in [3.8, 4) is 0 Å². The monoisotopic (exact) mass is 223 g/mol. The minimum absolute atomic E-state index is 0.0354. The van der Waals surface area contributed by atoms with Crippen LogP contribution in [-0.2, 0) is 4.74 Å². The molecule has 0 saturated carbocycles. The molecule has 1 aromatic rings. The predicted molar refractivity (Wildman–Crippen MR) is 59.2 cm³/mol. The number of nitrogens with one attached hydrogen (secondary N) is 1. The quantitative estimate of drug-likeness (QED) is 0.771. The molecule has 0 radical (unpaired) electrons. The standard InChI is InChI=1S/C11H17N3O2/c1-7-5-14(6-8(2)16-7)11(15)10-4-12-13-9(10)3/h4,7-8H,5-6H2,1-3H3,(H,12,13)/t7-,8+. The van der Waals surface area contributed by atoms with Crippen LogP contribution in [0.2, 0.25) is 0 Å². The van der Waals surface area contributed by atoms with Gasteiger partial charge in [0.05, 0.1) is 24.0 Å². The topological polar surface area (TPSA) is 58.2 Å². The number of rotatable bonds is 1. The zero-order valence-corrected chi connectivity index (χ0v) is 9.86. The van der Waals surface area contributed by atoms with Crippen LogP contribution in [0.5, 0.6) is 0 Å². The minimum Gasteiger partial charge on any atom is -0.372 e. The Morgan fingerprint density at radius 1 is 1.50 bits per heavy atom. The van der Waals surface area contributed by atoms with Crippen molar-refractivity contribution < 1.29 is 9.53 Å². The second-order valence-electron chi connectivity index (χ2n) is 4.38. The first-order valence-electron chi connectivity index (χ1n) is 5.52. The van der Waals surface area contributed by atoms with Crippen LogP contribution in [0.25, 0.3) is 0 Å². The lowest BCUT2D eigenvalue weighted by Crippen LogP contribution is -2.48. The van der Waals surface area contributed by atoms with Gasteiger partial charge in [-0.3, -0.25) is 9.89 Å². The first-order chi connectivity index (χ1) is 7.58. The van der Waals surface area contributed by atoms with Gasteiger partial charge in [0.15, 0.2) is 0 Å². The molecule has 0 unspecified atom stereocenters. The molecule has 0 aliphatic carbocycles. The van der Waals surface area contributed by atoms with Crippen LogP contribution < -0.4 is 0 Å². The molecule has 1 aromatic heterocycles. The van der Waals surface area contributed by atoms with E-state index in [1.165, 1.54) is 0 Å². The van der Waals surface area contributed by atoms with E-state index in [0.29, 0.717) is 18.7 Å². The molecule has 16 heavy (non-hydrogen) atoms. The van der Waals surface area contributed by atoms with Gasteiger partial charge in [0.25, 0.3) is 5.91 Å². The van der Waals surface area contributed by atoms with E-state index in [4.69, 9.17) is 4.74 Å². The number of carbonyl (C=O) groups excluding carboxylic acids is 1. The van der Waals surface area contributed by atoms with Crippen LogP contribution in [0.3, 0.4) is 0 Å². The first-order valence-corrected chi connectivity index (χ1v) is 5.52. The molecule has 5 heteroatoms. The molecule has 1 aliphatic heterocycles. The summed E-state index contributed by atoms with van der Waals surface area (Å²) in [6.45, 7) is 7.12. The summed E-state index contributed by atoms with van der Waals surface area (Å²) in [6, 6.07) is 0. The SMILES string of the molecule is Cc1[nH]ncc1C(=O)N1C[C@@H](C)O[C@@H](C)C1. The first kappa shape index (κ1) is 11.1. The van der Waals surface area contributed by atoms with Crippen molar-refractivity contribution in [2.24, 2.45) is 0 Å². The molecule has 0 aromatic carbocycles. The van der Waals surface area contributed by atoms with Crippen molar-refractivity contribution in [1.82, 2.24) is 15.1 Å². The van der Waals surface area contributed by atoms with Gasteiger partial charge in [-0.2, -0.15) is 5.10 Å². The number of H-pyrrole nitrogens is 1. The number of amides is 1. The van der Waals surface area contributed by atoms with E-state index in [0.717, 1.165) is 5.69 Å². The molecule has 1 amide bonds. The number of hydrogen-bond donors (Lipinski definition) is 1. The van der Waals surface area contributed by atoms with Gasteiger partial charge >= 0.3 is 0 Å². The third kappa shape index (κ3) is 2.09. The van der Waals surface area contributed by atoms with E-state index < -0.39 is 0 Å². The highest BCUT2D eigenvalue weighted by molar-refractivity contribution is 5.95. The van der Waals surface area contributed by atoms with Gasteiger partial charge in [0, 0.05) is 18.8 Å². The zero-order chi connectivity index (χ0) is 11.7. The van der Waals surface area contributed by atoms with Gasteiger partial charge in [-0.15, -0.1) is 0 Å². The van der Waals surface area contributed by atoms with E-state index in [1.54, 1.807) is 6.20 Å². The molecule has 1 fully saturated rings. The Morgan fingerprint density at radius 3 is 2.62 bits per heavy atom. The maximum absolute atomic E-state index is 12.2. The highest BCUT2D eigenvalue weighted by Crippen LogP contribution is 2.15. The van der Waals surface area contributed by atoms with Crippen molar-refractivity contribution in [1.29, 1.82) is 0 Å². The fourth-order valence-electron chi connectivity index (χ4n) is 2.08. The average Bonchev–Trinajstić information content (AvgIpc) is 2.62. The van der Waals surface area contributed by atoms with Crippen LogP contribution in [0, 0.1) is 6.92 Å². The van der Waals surface area contributed by atoms with Crippen molar-refractivity contribution in [3.63, 3.8) is 0 Å². The molecule has 1 saturated heterocycles. The van der Waals surface area contributed by atoms with E-state index in [-0.39, 0.29) is 18.1 Å². The summed E-state index contributed by atoms with van der Waals surface area (Å²) >= 11 is 0.